The van der Waals surface area contributed by atoms with Gasteiger partial charge < -0.3 is 15.8 Å². The first-order chi connectivity index (χ1) is 8.38. The van der Waals surface area contributed by atoms with Crippen LogP contribution >= 0.6 is 0 Å². The van der Waals surface area contributed by atoms with Crippen molar-refractivity contribution >= 4 is 6.09 Å². The van der Waals surface area contributed by atoms with Crippen LogP contribution in [-0.2, 0) is 4.74 Å². The molecule has 0 radical (unpaired) electrons. The minimum absolute atomic E-state index is 0.0230. The number of nitrogens with one attached hydrogen (secondary N) is 1. The van der Waals surface area contributed by atoms with Crippen molar-refractivity contribution in [2.75, 3.05) is 0 Å². The highest BCUT2D eigenvalue weighted by molar-refractivity contribution is 5.68. The fourth-order valence-corrected chi connectivity index (χ4v) is 2.80. The van der Waals surface area contributed by atoms with Gasteiger partial charge >= 0.3 is 6.09 Å². The zero-order chi connectivity index (χ0) is 15.1. The average Bonchev–Trinajstić information content (AvgIpc) is 2.89. The molecule has 1 saturated carbocycles. The molecule has 1 rings (SSSR count). The molecule has 19 heavy (non-hydrogen) atoms. The zero-order valence-corrected chi connectivity index (χ0v) is 13.5. The van der Waals surface area contributed by atoms with E-state index in [1.165, 1.54) is 0 Å². The Morgan fingerprint density at radius 3 is 1.95 bits per heavy atom. The van der Waals surface area contributed by atoms with Crippen LogP contribution in [0.25, 0.3) is 0 Å². The maximum absolute atomic E-state index is 12.0. The summed E-state index contributed by atoms with van der Waals surface area (Å²) in [6.07, 6.45) is 1.80. The first-order valence-electron chi connectivity index (χ1n) is 7.13. The molecule has 4 heteroatoms. The molecule has 4 nitrogen and oxygen atoms in total. The smallest absolute Gasteiger partial charge is 0.407 e. The molecule has 0 aromatic rings. The van der Waals surface area contributed by atoms with Gasteiger partial charge in [0.05, 0.1) is 0 Å². The molecule has 1 aliphatic carbocycles. The largest absolute Gasteiger partial charge is 0.444 e. The second kappa shape index (κ2) is 4.97. The summed E-state index contributed by atoms with van der Waals surface area (Å²) in [5, 5.41) is 3.06. The lowest BCUT2D eigenvalue weighted by Gasteiger charge is -2.40. The van der Waals surface area contributed by atoms with Crippen molar-refractivity contribution in [2.24, 2.45) is 16.6 Å². The Bertz CT molecular complexity index is 333. The first-order valence-corrected chi connectivity index (χ1v) is 7.13. The summed E-state index contributed by atoms with van der Waals surface area (Å²) in [6.45, 7) is 14.1. The molecular weight excluding hydrogens is 240 g/mol. The molecule has 0 aliphatic heterocycles. The molecule has 0 bridgehead atoms. The van der Waals surface area contributed by atoms with Crippen LogP contribution in [0.3, 0.4) is 0 Å². The molecule has 2 unspecified atom stereocenters. The Kier molecular flexibility index (Phi) is 4.26. The third-order valence-electron chi connectivity index (χ3n) is 3.84. The number of carbonyl (C=O) groups excluding carboxylic acids is 1. The van der Waals surface area contributed by atoms with E-state index in [0.29, 0.717) is 0 Å². The first kappa shape index (κ1) is 16.3. The molecule has 0 aromatic carbocycles. The van der Waals surface area contributed by atoms with Crippen molar-refractivity contribution < 1.29 is 9.53 Å². The summed E-state index contributed by atoms with van der Waals surface area (Å²) in [6, 6.07) is 0.113. The van der Waals surface area contributed by atoms with Gasteiger partial charge in [0.25, 0.3) is 0 Å². The highest BCUT2D eigenvalue weighted by Crippen LogP contribution is 2.55. The number of ether oxygens (including phenoxy) is 1. The van der Waals surface area contributed by atoms with Crippen LogP contribution in [0.5, 0.6) is 0 Å². The summed E-state index contributed by atoms with van der Waals surface area (Å²) in [7, 11) is 0. The van der Waals surface area contributed by atoms with Gasteiger partial charge in [0.2, 0.25) is 0 Å². The fraction of sp³-hybridized carbons (Fsp3) is 0.933. The van der Waals surface area contributed by atoms with Gasteiger partial charge in [-0.05, 0) is 46.0 Å². The summed E-state index contributed by atoms with van der Waals surface area (Å²) in [5.41, 5.74) is 5.65. The molecule has 0 heterocycles. The number of amides is 1. The third kappa shape index (κ3) is 4.10. The molecule has 0 saturated heterocycles. The summed E-state index contributed by atoms with van der Waals surface area (Å²) in [4.78, 5) is 12.0. The van der Waals surface area contributed by atoms with Crippen molar-refractivity contribution in [1.82, 2.24) is 5.32 Å². The topological polar surface area (TPSA) is 64.3 Å². The van der Waals surface area contributed by atoms with Crippen molar-refractivity contribution in [3.63, 3.8) is 0 Å². The Hall–Kier alpha value is -0.770. The van der Waals surface area contributed by atoms with Crippen LogP contribution < -0.4 is 11.1 Å². The predicted octanol–water partition coefficient (Wildman–Crippen LogP) is 3.05. The number of rotatable bonds is 3. The molecule has 2 atom stereocenters. The molecule has 1 amide bonds. The number of alkyl carbamates (subject to hydrolysis) is 1. The minimum atomic E-state index is -0.475. The van der Waals surface area contributed by atoms with E-state index >= 15 is 0 Å². The fourth-order valence-electron chi connectivity index (χ4n) is 2.80. The van der Waals surface area contributed by atoms with Crippen LogP contribution in [0.4, 0.5) is 4.79 Å². The number of nitrogens with two attached hydrogens (primary N) is 1. The van der Waals surface area contributed by atoms with Gasteiger partial charge in [0, 0.05) is 17.5 Å². The Labute approximate surface area is 117 Å². The van der Waals surface area contributed by atoms with Crippen molar-refractivity contribution in [3.05, 3.63) is 0 Å². The molecular formula is C15H30N2O2. The Morgan fingerprint density at radius 1 is 1.21 bits per heavy atom. The van der Waals surface area contributed by atoms with Crippen molar-refractivity contribution in [2.45, 2.75) is 79.0 Å². The lowest BCUT2D eigenvalue weighted by Crippen LogP contribution is -2.55. The second-order valence-electron chi connectivity index (χ2n) is 7.97. The van der Waals surface area contributed by atoms with Crippen LogP contribution in [-0.4, -0.2) is 23.8 Å². The number of hydrogen-bond donors (Lipinski definition) is 2. The van der Waals surface area contributed by atoms with Crippen molar-refractivity contribution in [3.8, 4) is 0 Å². The lowest BCUT2D eigenvalue weighted by molar-refractivity contribution is 0.0395. The molecule has 1 aliphatic rings. The highest BCUT2D eigenvalue weighted by atomic mass is 16.6. The van der Waals surface area contributed by atoms with Gasteiger partial charge in [-0.2, -0.15) is 0 Å². The number of hydrogen-bond acceptors (Lipinski definition) is 3. The quantitative estimate of drug-likeness (QED) is 0.828. The van der Waals surface area contributed by atoms with Crippen molar-refractivity contribution in [1.29, 1.82) is 0 Å². The Balaban J connectivity index is 2.81. The van der Waals surface area contributed by atoms with Crippen LogP contribution in [0, 0.1) is 10.8 Å². The van der Waals surface area contributed by atoms with E-state index in [1.807, 2.05) is 27.7 Å². The van der Waals surface area contributed by atoms with E-state index in [4.69, 9.17) is 10.5 Å². The van der Waals surface area contributed by atoms with Gasteiger partial charge in [-0.15, -0.1) is 0 Å². The summed E-state index contributed by atoms with van der Waals surface area (Å²) < 4.78 is 5.38. The summed E-state index contributed by atoms with van der Waals surface area (Å²) >= 11 is 0. The third-order valence-corrected chi connectivity index (χ3v) is 3.84. The Morgan fingerprint density at radius 2 is 1.68 bits per heavy atom. The number of carbonyl (C=O) groups is 1. The van der Waals surface area contributed by atoms with Crippen LogP contribution in [0.1, 0.15) is 61.3 Å². The van der Waals surface area contributed by atoms with E-state index < -0.39 is 5.60 Å². The SMILES string of the molecule is CC(N)C1(C(NC(=O)OC(C)(C)C)C(C)(C)C)CC1. The van der Waals surface area contributed by atoms with Gasteiger partial charge in [0.1, 0.15) is 5.60 Å². The van der Waals surface area contributed by atoms with E-state index in [2.05, 4.69) is 26.1 Å². The predicted molar refractivity (Wildman–Crippen MR) is 77.9 cm³/mol. The molecule has 3 N–H and O–H groups in total. The lowest BCUT2D eigenvalue weighted by atomic mass is 9.74. The van der Waals surface area contributed by atoms with Gasteiger partial charge in [-0.3, -0.25) is 0 Å². The van der Waals surface area contributed by atoms with E-state index in [1.54, 1.807) is 0 Å². The summed E-state index contributed by atoms with van der Waals surface area (Å²) in [5.74, 6) is 0. The van der Waals surface area contributed by atoms with Crippen LogP contribution in [0.2, 0.25) is 0 Å². The minimum Gasteiger partial charge on any atom is -0.444 e. The normalized spacial score (nSPS) is 21.5. The molecule has 0 aromatic heterocycles. The average molecular weight is 270 g/mol. The molecule has 1 fully saturated rings. The monoisotopic (exact) mass is 270 g/mol. The van der Waals surface area contributed by atoms with Gasteiger partial charge in [0.15, 0.2) is 0 Å². The van der Waals surface area contributed by atoms with E-state index in [9.17, 15) is 4.79 Å². The maximum atomic E-state index is 12.0. The highest BCUT2D eigenvalue weighted by Gasteiger charge is 2.56. The van der Waals surface area contributed by atoms with E-state index in [0.717, 1.165) is 12.8 Å². The van der Waals surface area contributed by atoms with Gasteiger partial charge in [-0.1, -0.05) is 20.8 Å². The van der Waals surface area contributed by atoms with Crippen LogP contribution in [0.15, 0.2) is 0 Å². The molecule has 0 spiro atoms. The second-order valence-corrected chi connectivity index (χ2v) is 7.97. The molecule has 112 valence electrons. The van der Waals surface area contributed by atoms with E-state index in [-0.39, 0.29) is 29.0 Å². The standard InChI is InChI=1S/C15H30N2O2/c1-10(16)15(8-9-15)11(13(2,3)4)17-12(18)19-14(5,6)7/h10-11H,8-9,16H2,1-7H3,(H,17,18). The zero-order valence-electron chi connectivity index (χ0n) is 13.5. The van der Waals surface area contributed by atoms with Gasteiger partial charge in [-0.25, -0.2) is 4.79 Å². The maximum Gasteiger partial charge on any atom is 0.407 e.